The molecule has 0 radical (unpaired) electrons. The molecule has 142 valence electrons. The van der Waals surface area contributed by atoms with Gasteiger partial charge in [-0.05, 0) is 44.5 Å². The van der Waals surface area contributed by atoms with E-state index < -0.39 is 0 Å². The van der Waals surface area contributed by atoms with E-state index in [0.717, 1.165) is 23.4 Å². The maximum absolute atomic E-state index is 12.0. The third kappa shape index (κ3) is 10.7. The van der Waals surface area contributed by atoms with Crippen molar-refractivity contribution < 1.29 is 9.53 Å². The van der Waals surface area contributed by atoms with Gasteiger partial charge in [0.15, 0.2) is 5.96 Å². The van der Waals surface area contributed by atoms with Crippen LogP contribution in [0.4, 0.5) is 0 Å². The summed E-state index contributed by atoms with van der Waals surface area (Å²) in [6.45, 7) is 6.70. The number of hydrogen-bond donors (Lipinski definition) is 3. The Morgan fingerprint density at radius 2 is 1.96 bits per heavy atom. The predicted molar refractivity (Wildman–Crippen MR) is 117 cm³/mol. The van der Waals surface area contributed by atoms with E-state index in [0.29, 0.717) is 25.3 Å². The molecule has 0 saturated carbocycles. The Hall–Kier alpha value is -0.870. The fraction of sp³-hybridized carbons (Fsp3) is 0.529. The Morgan fingerprint density at radius 1 is 1.28 bits per heavy atom. The molecule has 1 atom stereocenters. The molecule has 0 fully saturated rings. The van der Waals surface area contributed by atoms with Crippen molar-refractivity contribution in [1.82, 2.24) is 16.0 Å². The van der Waals surface area contributed by atoms with Crippen LogP contribution >= 0.6 is 39.9 Å². The van der Waals surface area contributed by atoms with Gasteiger partial charge in [-0.1, -0.05) is 15.9 Å². The highest BCUT2D eigenvalue weighted by molar-refractivity contribution is 14.0. The van der Waals surface area contributed by atoms with Gasteiger partial charge in [0, 0.05) is 42.8 Å². The number of methoxy groups -OCH3 is 1. The smallest absolute Gasteiger partial charge is 0.251 e. The number of hydrogen-bond acceptors (Lipinski definition) is 3. The Balaban J connectivity index is 0.00000576. The zero-order valence-corrected chi connectivity index (χ0v) is 18.9. The van der Waals surface area contributed by atoms with Crippen LogP contribution in [0.25, 0.3) is 0 Å². The summed E-state index contributed by atoms with van der Waals surface area (Å²) in [5.41, 5.74) is 0.657. The highest BCUT2D eigenvalue weighted by atomic mass is 127. The lowest BCUT2D eigenvalue weighted by atomic mass is 10.2. The number of rotatable bonds is 9. The van der Waals surface area contributed by atoms with Crippen LogP contribution in [-0.2, 0) is 4.74 Å². The number of nitrogens with one attached hydrogen (secondary N) is 3. The monoisotopic (exact) mass is 526 g/mol. The topological polar surface area (TPSA) is 74.8 Å². The second-order valence-electron chi connectivity index (χ2n) is 5.38. The lowest BCUT2D eigenvalue weighted by Crippen LogP contribution is -2.44. The van der Waals surface area contributed by atoms with Crippen molar-refractivity contribution in [2.45, 2.75) is 26.3 Å². The van der Waals surface area contributed by atoms with Gasteiger partial charge in [-0.15, -0.1) is 24.0 Å². The number of guanidine groups is 1. The summed E-state index contributed by atoms with van der Waals surface area (Å²) >= 11 is 3.35. The summed E-state index contributed by atoms with van der Waals surface area (Å²) in [6.07, 6.45) is 0.775. The molecule has 0 bridgehead atoms. The first-order chi connectivity index (χ1) is 11.6. The fourth-order valence-corrected chi connectivity index (χ4v) is 2.28. The number of halogens is 2. The molecule has 1 aromatic rings. The van der Waals surface area contributed by atoms with Crippen LogP contribution in [0.2, 0.25) is 0 Å². The van der Waals surface area contributed by atoms with E-state index in [-0.39, 0.29) is 35.9 Å². The Kier molecular flexibility index (Phi) is 13.8. The van der Waals surface area contributed by atoms with Gasteiger partial charge in [0.2, 0.25) is 0 Å². The SMILES string of the molecule is CCNC(=NCCCNC(=O)c1ccc(Br)cc1)NC(C)COC.I. The normalized spacial score (nSPS) is 12.1. The van der Waals surface area contributed by atoms with Crippen molar-refractivity contribution in [3.8, 4) is 0 Å². The third-order valence-corrected chi connectivity index (χ3v) is 3.67. The summed E-state index contributed by atoms with van der Waals surface area (Å²) < 4.78 is 6.06. The summed E-state index contributed by atoms with van der Waals surface area (Å²) in [7, 11) is 1.68. The molecule has 0 aliphatic carbocycles. The van der Waals surface area contributed by atoms with Gasteiger partial charge in [0.1, 0.15) is 0 Å². The molecule has 3 N–H and O–H groups in total. The van der Waals surface area contributed by atoms with E-state index in [1.54, 1.807) is 19.2 Å². The van der Waals surface area contributed by atoms with Crippen LogP contribution in [0.1, 0.15) is 30.6 Å². The van der Waals surface area contributed by atoms with E-state index in [1.807, 2.05) is 26.0 Å². The van der Waals surface area contributed by atoms with E-state index in [4.69, 9.17) is 4.74 Å². The molecule has 0 aromatic heterocycles. The molecule has 0 spiro atoms. The first kappa shape index (κ1) is 24.1. The quantitative estimate of drug-likeness (QED) is 0.200. The van der Waals surface area contributed by atoms with Crippen molar-refractivity contribution in [2.24, 2.45) is 4.99 Å². The second kappa shape index (κ2) is 14.3. The van der Waals surface area contributed by atoms with Gasteiger partial charge in [0.05, 0.1) is 6.61 Å². The number of aliphatic imine (C=N–C) groups is 1. The van der Waals surface area contributed by atoms with Gasteiger partial charge in [-0.3, -0.25) is 9.79 Å². The molecule has 1 rings (SSSR count). The zero-order valence-electron chi connectivity index (χ0n) is 15.0. The second-order valence-corrected chi connectivity index (χ2v) is 6.29. The maximum Gasteiger partial charge on any atom is 0.251 e. The Morgan fingerprint density at radius 3 is 2.56 bits per heavy atom. The van der Waals surface area contributed by atoms with Crippen LogP contribution in [-0.4, -0.2) is 51.3 Å². The highest BCUT2D eigenvalue weighted by Crippen LogP contribution is 2.10. The number of nitrogens with zero attached hydrogens (tertiary/aromatic N) is 1. The van der Waals surface area contributed by atoms with Gasteiger partial charge in [-0.25, -0.2) is 0 Å². The van der Waals surface area contributed by atoms with E-state index >= 15 is 0 Å². The predicted octanol–water partition coefficient (Wildman–Crippen LogP) is 2.78. The molecule has 1 unspecified atom stereocenters. The van der Waals surface area contributed by atoms with Crippen molar-refractivity contribution >= 4 is 51.8 Å². The number of carbonyl (C=O) groups excluding carboxylic acids is 1. The summed E-state index contributed by atoms with van der Waals surface area (Å²) in [5.74, 6) is 0.700. The maximum atomic E-state index is 12.0. The molecule has 8 heteroatoms. The highest BCUT2D eigenvalue weighted by Gasteiger charge is 2.05. The summed E-state index contributed by atoms with van der Waals surface area (Å²) in [4.78, 5) is 16.5. The molecule has 25 heavy (non-hydrogen) atoms. The van der Waals surface area contributed by atoms with Crippen molar-refractivity contribution in [3.05, 3.63) is 34.3 Å². The summed E-state index contributed by atoms with van der Waals surface area (Å²) in [5, 5.41) is 9.37. The largest absolute Gasteiger partial charge is 0.383 e. The van der Waals surface area contributed by atoms with Crippen LogP contribution in [0.3, 0.4) is 0 Å². The lowest BCUT2D eigenvalue weighted by Gasteiger charge is -2.17. The van der Waals surface area contributed by atoms with E-state index in [9.17, 15) is 4.79 Å². The molecular formula is C17H28BrIN4O2. The Labute approximate surface area is 175 Å². The Bertz CT molecular complexity index is 526. The number of amides is 1. The van der Waals surface area contributed by atoms with Gasteiger partial charge in [-0.2, -0.15) is 0 Å². The molecule has 0 saturated heterocycles. The van der Waals surface area contributed by atoms with Crippen LogP contribution < -0.4 is 16.0 Å². The van der Waals surface area contributed by atoms with E-state index in [2.05, 4.69) is 36.9 Å². The zero-order chi connectivity index (χ0) is 17.8. The van der Waals surface area contributed by atoms with Crippen LogP contribution in [0.15, 0.2) is 33.7 Å². The third-order valence-electron chi connectivity index (χ3n) is 3.14. The number of carbonyl (C=O) groups is 1. The number of benzene rings is 1. The molecule has 0 heterocycles. The van der Waals surface area contributed by atoms with Crippen molar-refractivity contribution in [3.63, 3.8) is 0 Å². The molecule has 1 aromatic carbocycles. The average Bonchev–Trinajstić information content (AvgIpc) is 2.55. The fourth-order valence-electron chi connectivity index (χ4n) is 2.02. The standard InChI is InChI=1S/C17H27BrN4O2.HI/c1-4-19-17(22-13(2)12-24-3)21-11-5-10-20-16(23)14-6-8-15(18)9-7-14;/h6-9,13H,4-5,10-12H2,1-3H3,(H,20,23)(H2,19,21,22);1H. The summed E-state index contributed by atoms with van der Waals surface area (Å²) in [6, 6.07) is 7.48. The first-order valence-corrected chi connectivity index (χ1v) is 8.93. The first-order valence-electron chi connectivity index (χ1n) is 8.14. The molecule has 0 aliphatic rings. The minimum atomic E-state index is -0.0646. The molecular weight excluding hydrogens is 499 g/mol. The lowest BCUT2D eigenvalue weighted by molar-refractivity contribution is 0.0953. The van der Waals surface area contributed by atoms with Crippen molar-refractivity contribution in [1.29, 1.82) is 0 Å². The average molecular weight is 527 g/mol. The number of ether oxygens (including phenoxy) is 1. The minimum absolute atomic E-state index is 0. The molecule has 0 aliphatic heterocycles. The van der Waals surface area contributed by atoms with Gasteiger partial charge in [0.25, 0.3) is 5.91 Å². The molecule has 6 nitrogen and oxygen atoms in total. The van der Waals surface area contributed by atoms with E-state index in [1.165, 1.54) is 0 Å². The van der Waals surface area contributed by atoms with Gasteiger partial charge < -0.3 is 20.7 Å². The van der Waals surface area contributed by atoms with Crippen LogP contribution in [0, 0.1) is 0 Å². The minimum Gasteiger partial charge on any atom is -0.383 e. The van der Waals surface area contributed by atoms with Crippen LogP contribution in [0.5, 0.6) is 0 Å². The molecule has 1 amide bonds. The van der Waals surface area contributed by atoms with Crippen molar-refractivity contribution in [2.75, 3.05) is 33.4 Å². The van der Waals surface area contributed by atoms with Gasteiger partial charge >= 0.3 is 0 Å².